The summed E-state index contributed by atoms with van der Waals surface area (Å²) in [5, 5.41) is 0. The van der Waals surface area contributed by atoms with Gasteiger partial charge in [-0.1, -0.05) is 6.07 Å². The monoisotopic (exact) mass is 490 g/mol. The summed E-state index contributed by atoms with van der Waals surface area (Å²) < 4.78 is 59.7. The van der Waals surface area contributed by atoms with E-state index in [1.165, 1.54) is 37.9 Å². The first-order valence-electron chi connectivity index (χ1n) is 10.0. The highest BCUT2D eigenvalue weighted by Crippen LogP contribution is 2.42. The van der Waals surface area contributed by atoms with E-state index in [9.17, 15) is 27.2 Å². The van der Waals surface area contributed by atoms with Crippen LogP contribution in [0.3, 0.4) is 0 Å². The lowest BCUT2D eigenvalue weighted by Crippen LogP contribution is -2.41. The maximum atomic E-state index is 14.7. The van der Waals surface area contributed by atoms with Crippen molar-refractivity contribution in [2.45, 2.75) is 18.3 Å². The highest BCUT2D eigenvalue weighted by atomic mass is 19.4. The summed E-state index contributed by atoms with van der Waals surface area (Å²) in [6, 6.07) is 4.76. The number of benzene rings is 1. The summed E-state index contributed by atoms with van der Waals surface area (Å²) in [7, 11) is 2.35. The molecule has 3 heterocycles. The Hall–Kier alpha value is -4.29. The maximum absolute atomic E-state index is 14.7. The van der Waals surface area contributed by atoms with Crippen LogP contribution in [0.4, 0.5) is 17.6 Å². The van der Waals surface area contributed by atoms with Gasteiger partial charge in [-0.15, -0.1) is 0 Å². The number of nitrogens with zero attached hydrogens (tertiary/aromatic N) is 5. The number of alkyl halides is 3. The van der Waals surface area contributed by atoms with Crippen molar-refractivity contribution in [3.05, 3.63) is 71.8 Å². The third-order valence-corrected chi connectivity index (χ3v) is 5.55. The van der Waals surface area contributed by atoms with Crippen LogP contribution in [0.5, 0.6) is 0 Å². The maximum Gasteiger partial charge on any atom is 0.406 e. The molecule has 0 saturated heterocycles. The molecule has 0 saturated carbocycles. The summed E-state index contributed by atoms with van der Waals surface area (Å²) in [4.78, 5) is 38.8. The van der Waals surface area contributed by atoms with E-state index in [0.29, 0.717) is 10.1 Å². The van der Waals surface area contributed by atoms with E-state index >= 15 is 0 Å². The van der Waals surface area contributed by atoms with E-state index in [1.807, 2.05) is 0 Å². The zero-order valence-electron chi connectivity index (χ0n) is 18.4. The Morgan fingerprint density at radius 3 is 2.43 bits per heavy atom. The molecule has 2 N–H and O–H groups in total. The number of guanidine groups is 1. The third-order valence-electron chi connectivity index (χ3n) is 5.55. The average Bonchev–Trinajstić information content (AvgIpc) is 3.33. The predicted octanol–water partition coefficient (Wildman–Crippen LogP) is 2.46. The molecule has 0 unspecified atom stereocenters. The van der Waals surface area contributed by atoms with Gasteiger partial charge in [0.15, 0.2) is 11.5 Å². The van der Waals surface area contributed by atoms with Gasteiger partial charge in [0.2, 0.25) is 0 Å². The van der Waals surface area contributed by atoms with Gasteiger partial charge >= 0.3 is 12.1 Å². The van der Waals surface area contributed by atoms with Gasteiger partial charge in [0.25, 0.3) is 5.91 Å². The molecule has 1 aliphatic rings. The van der Waals surface area contributed by atoms with Crippen molar-refractivity contribution >= 4 is 17.8 Å². The minimum Gasteiger partial charge on any atom is -0.464 e. The minimum atomic E-state index is -4.68. The van der Waals surface area contributed by atoms with Crippen LogP contribution in [0.2, 0.25) is 0 Å². The van der Waals surface area contributed by atoms with Crippen molar-refractivity contribution in [2.24, 2.45) is 10.7 Å². The highest BCUT2D eigenvalue weighted by molar-refractivity contribution is 6.09. The molecule has 1 aromatic carbocycles. The highest BCUT2D eigenvalue weighted by Gasteiger charge is 2.51. The number of nitrogens with two attached hydrogens (primary N) is 1. The molecule has 0 radical (unpaired) electrons. The normalized spacial score (nSPS) is 18.1. The van der Waals surface area contributed by atoms with E-state index in [0.717, 1.165) is 30.3 Å². The van der Waals surface area contributed by atoms with Crippen molar-refractivity contribution < 1.29 is 31.9 Å². The summed E-state index contributed by atoms with van der Waals surface area (Å²) in [5.74, 6) is -2.63. The van der Waals surface area contributed by atoms with Crippen molar-refractivity contribution in [2.75, 3.05) is 14.2 Å². The zero-order chi connectivity index (χ0) is 25.5. The molecule has 3 aromatic rings. The van der Waals surface area contributed by atoms with Crippen molar-refractivity contribution in [1.82, 2.24) is 19.4 Å². The standard InChI is InChI=1S/C22H18F4N6O3/c1-31-19(34)22(30-20(31)27,13-3-4-16(23)15(5-13)12-7-28-11-29-8-12)14-6-17(18(33)35-2)32(9-14)10-21(24,25)26/h3-9,11H,10H2,1-2H3,(H2,27,30)/t22-/m0/s1. The van der Waals surface area contributed by atoms with E-state index in [2.05, 4.69) is 19.7 Å². The van der Waals surface area contributed by atoms with E-state index in [-0.39, 0.29) is 22.6 Å². The van der Waals surface area contributed by atoms with Gasteiger partial charge in [0.1, 0.15) is 24.4 Å². The molecule has 1 amide bonds. The van der Waals surface area contributed by atoms with Gasteiger partial charge in [0.05, 0.1) is 7.11 Å². The van der Waals surface area contributed by atoms with Gasteiger partial charge in [0, 0.05) is 42.3 Å². The molecular formula is C22H18F4N6O3. The van der Waals surface area contributed by atoms with Gasteiger partial charge in [-0.05, 0) is 23.8 Å². The molecule has 9 nitrogen and oxygen atoms in total. The van der Waals surface area contributed by atoms with Crippen LogP contribution in [0, 0.1) is 5.82 Å². The smallest absolute Gasteiger partial charge is 0.406 e. The summed E-state index contributed by atoms with van der Waals surface area (Å²) in [6.07, 6.45) is 0.281. The number of esters is 1. The number of aliphatic imine (C=N–C) groups is 1. The Kier molecular flexibility index (Phi) is 5.79. The molecule has 4 rings (SSSR count). The lowest BCUT2D eigenvalue weighted by Gasteiger charge is -2.25. The molecule has 1 atom stereocenters. The Labute approximate surface area is 195 Å². The Morgan fingerprint density at radius 1 is 1.17 bits per heavy atom. The number of amides is 1. The number of carbonyl (C=O) groups is 2. The lowest BCUT2D eigenvalue weighted by atomic mass is 9.83. The van der Waals surface area contributed by atoms with Crippen LogP contribution in [0.1, 0.15) is 21.6 Å². The predicted molar refractivity (Wildman–Crippen MR) is 114 cm³/mol. The fraction of sp³-hybridized carbons (Fsp3) is 0.227. The fourth-order valence-electron chi connectivity index (χ4n) is 3.90. The molecule has 0 fully saturated rings. The largest absolute Gasteiger partial charge is 0.464 e. The summed E-state index contributed by atoms with van der Waals surface area (Å²) >= 11 is 0. The topological polar surface area (TPSA) is 116 Å². The van der Waals surface area contributed by atoms with Crippen LogP contribution < -0.4 is 5.73 Å². The van der Waals surface area contributed by atoms with E-state index < -0.39 is 41.6 Å². The molecule has 2 aromatic heterocycles. The number of aromatic nitrogens is 3. The number of hydrogen-bond donors (Lipinski definition) is 1. The SMILES string of the molecule is COC(=O)c1cc([C@]2(c3ccc(F)c(-c4cncnc4)c3)N=C(N)N(C)C2=O)cn1CC(F)(F)F. The third kappa shape index (κ3) is 4.09. The Bertz CT molecular complexity index is 1340. The number of likely N-dealkylation sites (N-methyl/N-ethyl adjacent to an activating group) is 1. The van der Waals surface area contributed by atoms with Crippen LogP contribution in [-0.2, 0) is 21.6 Å². The molecule has 0 spiro atoms. The number of ether oxygens (including phenoxy) is 1. The van der Waals surface area contributed by atoms with Gasteiger partial charge in [-0.2, -0.15) is 13.2 Å². The summed E-state index contributed by atoms with van der Waals surface area (Å²) in [5.41, 5.74) is 3.82. The van der Waals surface area contributed by atoms with Crippen molar-refractivity contribution in [3.63, 3.8) is 0 Å². The zero-order valence-corrected chi connectivity index (χ0v) is 18.4. The number of hydrogen-bond acceptors (Lipinski definition) is 7. The van der Waals surface area contributed by atoms with Crippen LogP contribution in [0.25, 0.3) is 11.1 Å². The number of rotatable bonds is 5. The Balaban J connectivity index is 1.98. The number of carbonyl (C=O) groups excluding carboxylic acids is 2. The first-order valence-corrected chi connectivity index (χ1v) is 10.0. The van der Waals surface area contributed by atoms with Crippen LogP contribution in [-0.4, -0.2) is 57.6 Å². The molecule has 35 heavy (non-hydrogen) atoms. The Morgan fingerprint density at radius 2 is 1.86 bits per heavy atom. The second-order valence-corrected chi connectivity index (χ2v) is 7.72. The van der Waals surface area contributed by atoms with Crippen LogP contribution >= 0.6 is 0 Å². The second-order valence-electron chi connectivity index (χ2n) is 7.72. The molecule has 0 bridgehead atoms. The van der Waals surface area contributed by atoms with Crippen molar-refractivity contribution in [1.29, 1.82) is 0 Å². The average molecular weight is 490 g/mol. The number of halogens is 4. The quantitative estimate of drug-likeness (QED) is 0.434. The lowest BCUT2D eigenvalue weighted by molar-refractivity contribution is -0.140. The summed E-state index contributed by atoms with van der Waals surface area (Å²) in [6.45, 7) is -1.52. The molecular weight excluding hydrogens is 472 g/mol. The second kappa shape index (κ2) is 8.49. The van der Waals surface area contributed by atoms with Crippen LogP contribution in [0.15, 0.2) is 54.2 Å². The number of methoxy groups -OCH3 is 1. The van der Waals surface area contributed by atoms with Gasteiger partial charge in [-0.3, -0.25) is 9.69 Å². The van der Waals surface area contributed by atoms with Gasteiger partial charge in [-0.25, -0.2) is 24.1 Å². The van der Waals surface area contributed by atoms with Gasteiger partial charge < -0.3 is 15.0 Å². The molecule has 13 heteroatoms. The van der Waals surface area contributed by atoms with E-state index in [4.69, 9.17) is 5.73 Å². The molecule has 182 valence electrons. The van der Waals surface area contributed by atoms with E-state index in [1.54, 1.807) is 0 Å². The first kappa shape index (κ1) is 23.9. The van der Waals surface area contributed by atoms with Crippen molar-refractivity contribution in [3.8, 4) is 11.1 Å². The fourth-order valence-corrected chi connectivity index (χ4v) is 3.90. The minimum absolute atomic E-state index is 0.0292. The molecule has 0 aliphatic carbocycles. The first-order chi connectivity index (χ1) is 16.5. The molecule has 1 aliphatic heterocycles.